The van der Waals surface area contributed by atoms with Gasteiger partial charge in [-0.05, 0) is 47.4 Å². The zero-order chi connectivity index (χ0) is 21.5. The summed E-state index contributed by atoms with van der Waals surface area (Å²) in [6.07, 6.45) is 7.05. The van der Waals surface area contributed by atoms with Crippen LogP contribution in [-0.2, 0) is 13.0 Å². The van der Waals surface area contributed by atoms with Gasteiger partial charge in [0.2, 0.25) is 0 Å². The Hall–Kier alpha value is -2.60. The lowest BCUT2D eigenvalue weighted by Gasteiger charge is -2.19. The van der Waals surface area contributed by atoms with E-state index in [0.717, 1.165) is 53.0 Å². The zero-order valence-electron chi connectivity index (χ0n) is 16.8. The van der Waals surface area contributed by atoms with E-state index in [-0.39, 0.29) is 11.7 Å². The van der Waals surface area contributed by atoms with Crippen molar-refractivity contribution in [2.75, 3.05) is 18.0 Å². The summed E-state index contributed by atoms with van der Waals surface area (Å²) < 4.78 is 1.65. The van der Waals surface area contributed by atoms with Gasteiger partial charge in [-0.1, -0.05) is 35.3 Å². The van der Waals surface area contributed by atoms with Crippen molar-refractivity contribution in [3.63, 3.8) is 0 Å². The summed E-state index contributed by atoms with van der Waals surface area (Å²) in [5, 5.41) is 10.8. The summed E-state index contributed by atoms with van der Waals surface area (Å²) in [5.74, 6) is 0. The Morgan fingerprint density at radius 1 is 1.13 bits per heavy atom. The molecular weight excluding hydrogens is 433 g/mol. The van der Waals surface area contributed by atoms with Crippen LogP contribution in [0.25, 0.3) is 5.57 Å². The molecule has 1 aliphatic carbocycles. The van der Waals surface area contributed by atoms with Gasteiger partial charge in [0, 0.05) is 37.3 Å². The fourth-order valence-electron chi connectivity index (χ4n) is 4.25. The summed E-state index contributed by atoms with van der Waals surface area (Å²) in [5.41, 5.74) is 5.83. The maximum Gasteiger partial charge on any atom is 0.251 e. The molecule has 5 rings (SSSR count). The SMILES string of the molecule is O=c1cc(C2=CCc3ncc(N4CCC(O)C4)cc32)ccn1Cc1ccc(Cl)c(Cl)c1. The molecule has 1 aromatic carbocycles. The number of hydrogen-bond acceptors (Lipinski definition) is 4. The minimum atomic E-state index is -0.286. The van der Waals surface area contributed by atoms with Crippen LogP contribution in [0.2, 0.25) is 10.0 Å². The maximum atomic E-state index is 12.8. The smallest absolute Gasteiger partial charge is 0.251 e. The highest BCUT2D eigenvalue weighted by Gasteiger charge is 2.24. The molecule has 0 amide bonds. The molecule has 0 saturated carbocycles. The lowest BCUT2D eigenvalue weighted by molar-refractivity contribution is 0.198. The number of aliphatic hydroxyl groups excluding tert-OH is 1. The molecule has 1 N–H and O–H groups in total. The first-order chi connectivity index (χ1) is 15.0. The molecule has 1 unspecified atom stereocenters. The van der Waals surface area contributed by atoms with Gasteiger partial charge in [-0.3, -0.25) is 9.78 Å². The van der Waals surface area contributed by atoms with Crippen molar-refractivity contribution < 1.29 is 5.11 Å². The fraction of sp³-hybridized carbons (Fsp3) is 0.250. The standard InChI is InChI=1S/C24H21Cl2N3O2/c25-21-3-1-15(9-22(21)26)13-29-7-5-16(10-24(29)31)19-2-4-23-20(19)11-17(12-27-23)28-8-6-18(30)14-28/h1-3,5,7,9-12,18,30H,4,6,8,13-14H2. The van der Waals surface area contributed by atoms with Crippen molar-refractivity contribution in [2.24, 2.45) is 0 Å². The van der Waals surface area contributed by atoms with Gasteiger partial charge in [-0.15, -0.1) is 0 Å². The molecule has 1 saturated heterocycles. The molecule has 0 radical (unpaired) electrons. The minimum absolute atomic E-state index is 0.0790. The van der Waals surface area contributed by atoms with Crippen LogP contribution in [0, 0.1) is 0 Å². The van der Waals surface area contributed by atoms with Gasteiger partial charge in [0.05, 0.1) is 40.3 Å². The van der Waals surface area contributed by atoms with Crippen LogP contribution in [0.15, 0.2) is 59.7 Å². The molecule has 0 spiro atoms. The largest absolute Gasteiger partial charge is 0.391 e. The predicted octanol–water partition coefficient (Wildman–Crippen LogP) is 4.16. The third-order valence-electron chi connectivity index (χ3n) is 5.92. The molecule has 31 heavy (non-hydrogen) atoms. The lowest BCUT2D eigenvalue weighted by Crippen LogP contribution is -2.21. The average Bonchev–Trinajstić information content (AvgIpc) is 3.38. The van der Waals surface area contributed by atoms with E-state index in [2.05, 4.69) is 22.0 Å². The molecule has 1 aliphatic heterocycles. The van der Waals surface area contributed by atoms with Gasteiger partial charge in [0.25, 0.3) is 5.56 Å². The molecule has 2 aromatic heterocycles. The summed E-state index contributed by atoms with van der Waals surface area (Å²) >= 11 is 12.1. The maximum absolute atomic E-state index is 12.8. The van der Waals surface area contributed by atoms with Crippen LogP contribution in [0.4, 0.5) is 5.69 Å². The van der Waals surface area contributed by atoms with Gasteiger partial charge in [0.15, 0.2) is 0 Å². The van der Waals surface area contributed by atoms with E-state index in [1.807, 2.05) is 24.5 Å². The van der Waals surface area contributed by atoms with Crippen molar-refractivity contribution in [3.8, 4) is 0 Å². The highest BCUT2D eigenvalue weighted by molar-refractivity contribution is 6.42. The Kier molecular flexibility index (Phi) is 5.34. The number of pyridine rings is 2. The Bertz CT molecular complexity index is 1250. The molecule has 1 fully saturated rings. The second-order valence-corrected chi connectivity index (χ2v) is 8.84. The Labute approximate surface area is 190 Å². The number of aromatic nitrogens is 2. The summed E-state index contributed by atoms with van der Waals surface area (Å²) in [6, 6.07) is 11.1. The number of rotatable bonds is 4. The first-order valence-electron chi connectivity index (χ1n) is 10.3. The zero-order valence-corrected chi connectivity index (χ0v) is 18.3. The Balaban J connectivity index is 1.41. The third kappa shape index (κ3) is 4.01. The number of anilines is 1. The molecule has 158 valence electrons. The van der Waals surface area contributed by atoms with Crippen LogP contribution in [0.3, 0.4) is 0 Å². The molecule has 2 aliphatic rings. The van der Waals surface area contributed by atoms with Crippen LogP contribution in [0.5, 0.6) is 0 Å². The molecular formula is C24H21Cl2N3O2. The number of benzene rings is 1. The second kappa shape index (κ2) is 8.15. The summed E-state index contributed by atoms with van der Waals surface area (Å²) in [4.78, 5) is 19.6. The van der Waals surface area contributed by atoms with E-state index in [4.69, 9.17) is 23.2 Å². The number of β-amino-alcohol motifs (C(OH)–C–C–N with tert-alkyl or cyclic N) is 1. The monoisotopic (exact) mass is 453 g/mol. The predicted molar refractivity (Wildman–Crippen MR) is 124 cm³/mol. The van der Waals surface area contributed by atoms with E-state index in [0.29, 0.717) is 23.1 Å². The lowest BCUT2D eigenvalue weighted by atomic mass is 10.0. The minimum Gasteiger partial charge on any atom is -0.391 e. The van der Waals surface area contributed by atoms with Crippen LogP contribution in [-0.4, -0.2) is 33.9 Å². The van der Waals surface area contributed by atoms with Crippen molar-refractivity contribution in [2.45, 2.75) is 25.5 Å². The molecule has 3 aromatic rings. The molecule has 3 heterocycles. The van der Waals surface area contributed by atoms with Crippen molar-refractivity contribution >= 4 is 34.5 Å². The number of nitrogens with zero attached hydrogens (tertiary/aromatic N) is 3. The van der Waals surface area contributed by atoms with Gasteiger partial charge >= 0.3 is 0 Å². The number of fused-ring (bicyclic) bond motifs is 1. The highest BCUT2D eigenvalue weighted by atomic mass is 35.5. The van der Waals surface area contributed by atoms with Gasteiger partial charge in [-0.25, -0.2) is 0 Å². The van der Waals surface area contributed by atoms with Crippen molar-refractivity contribution in [3.05, 3.63) is 97.7 Å². The first-order valence-corrected chi connectivity index (χ1v) is 11.0. The molecule has 7 heteroatoms. The van der Waals surface area contributed by atoms with E-state index in [1.54, 1.807) is 22.8 Å². The topological polar surface area (TPSA) is 58.4 Å². The van der Waals surface area contributed by atoms with Gasteiger partial charge in [0.1, 0.15) is 0 Å². The number of aliphatic hydroxyl groups is 1. The van der Waals surface area contributed by atoms with E-state index in [9.17, 15) is 9.90 Å². The van der Waals surface area contributed by atoms with Crippen LogP contribution < -0.4 is 10.5 Å². The number of allylic oxidation sites excluding steroid dienone is 1. The molecule has 1 atom stereocenters. The first kappa shape index (κ1) is 20.3. The van der Waals surface area contributed by atoms with Gasteiger partial charge < -0.3 is 14.6 Å². The van der Waals surface area contributed by atoms with E-state index in [1.165, 1.54) is 0 Å². The Morgan fingerprint density at radius 3 is 2.74 bits per heavy atom. The van der Waals surface area contributed by atoms with Gasteiger partial charge in [-0.2, -0.15) is 0 Å². The van der Waals surface area contributed by atoms with Crippen LogP contribution >= 0.6 is 23.2 Å². The Morgan fingerprint density at radius 2 is 2.00 bits per heavy atom. The normalized spacial score (nSPS) is 17.7. The molecule has 0 bridgehead atoms. The third-order valence-corrected chi connectivity index (χ3v) is 6.66. The summed E-state index contributed by atoms with van der Waals surface area (Å²) in [7, 11) is 0. The van der Waals surface area contributed by atoms with Crippen molar-refractivity contribution in [1.82, 2.24) is 9.55 Å². The average molecular weight is 454 g/mol. The quantitative estimate of drug-likeness (QED) is 0.644. The van der Waals surface area contributed by atoms with Crippen LogP contribution in [0.1, 0.15) is 28.8 Å². The van der Waals surface area contributed by atoms with Crippen molar-refractivity contribution in [1.29, 1.82) is 0 Å². The van der Waals surface area contributed by atoms with E-state index >= 15 is 0 Å². The number of hydrogen-bond donors (Lipinski definition) is 1. The summed E-state index contributed by atoms with van der Waals surface area (Å²) in [6.45, 7) is 1.88. The molecule has 5 nitrogen and oxygen atoms in total. The number of halogens is 2. The fourth-order valence-corrected chi connectivity index (χ4v) is 4.57. The second-order valence-electron chi connectivity index (χ2n) is 8.03. The highest BCUT2D eigenvalue weighted by Crippen LogP contribution is 2.34. The van der Waals surface area contributed by atoms with E-state index < -0.39 is 0 Å².